The van der Waals surface area contributed by atoms with Gasteiger partial charge in [0.1, 0.15) is 0 Å². The lowest BCUT2D eigenvalue weighted by molar-refractivity contribution is 0.371. The number of nitrogens with zero attached hydrogens (tertiary/aromatic N) is 1. The van der Waals surface area contributed by atoms with Crippen LogP contribution in [-0.2, 0) is 0 Å². The molecule has 0 aromatic heterocycles. The van der Waals surface area contributed by atoms with Gasteiger partial charge in [-0.3, -0.25) is 0 Å². The molecule has 0 saturated carbocycles. The summed E-state index contributed by atoms with van der Waals surface area (Å²) >= 11 is 0. The van der Waals surface area contributed by atoms with E-state index in [2.05, 4.69) is 32.5 Å². The summed E-state index contributed by atoms with van der Waals surface area (Å²) in [7, 11) is 4.14. The Labute approximate surface area is 52.0 Å². The summed E-state index contributed by atoms with van der Waals surface area (Å²) in [6.45, 7) is 6.95. The highest BCUT2D eigenvalue weighted by molar-refractivity contribution is 4.76. The molecule has 1 unspecified atom stereocenters. The van der Waals surface area contributed by atoms with Gasteiger partial charge in [0, 0.05) is 6.54 Å². The highest BCUT2D eigenvalue weighted by atomic mass is 15.0. The van der Waals surface area contributed by atoms with E-state index >= 15 is 0 Å². The van der Waals surface area contributed by atoms with E-state index in [-0.39, 0.29) is 0 Å². The van der Waals surface area contributed by atoms with Crippen molar-refractivity contribution in [3.8, 4) is 0 Å². The highest BCUT2D eigenvalue weighted by Gasteiger charge is 1.94. The van der Waals surface area contributed by atoms with Crippen LogP contribution in [0, 0.1) is 5.92 Å². The Kier molecular flexibility index (Phi) is 3.53. The average Bonchev–Trinajstić information content (AvgIpc) is 1.65. The van der Waals surface area contributed by atoms with Gasteiger partial charge >= 0.3 is 0 Å². The molecular weight excluding hydrogens is 98.1 g/mol. The molecule has 0 radical (unpaired) electrons. The Balaban J connectivity index is 3.23. The first-order valence-electron chi connectivity index (χ1n) is 2.94. The quantitative estimate of drug-likeness (QED) is 0.500. The van der Waals surface area contributed by atoms with Gasteiger partial charge in [0.05, 0.1) is 0 Å². The van der Waals surface area contributed by atoms with Crippen LogP contribution in [0.25, 0.3) is 0 Å². The molecule has 0 aliphatic heterocycles. The fourth-order valence-corrected chi connectivity index (χ4v) is 0.651. The second-order valence-electron chi connectivity index (χ2n) is 2.48. The molecule has 0 heterocycles. The molecule has 0 aliphatic rings. The van der Waals surface area contributed by atoms with Gasteiger partial charge in [-0.1, -0.05) is 13.0 Å². The summed E-state index contributed by atoms with van der Waals surface area (Å²) in [5, 5.41) is 0. The van der Waals surface area contributed by atoms with Gasteiger partial charge in [-0.05, 0) is 20.0 Å². The minimum absolute atomic E-state index is 0.616. The summed E-state index contributed by atoms with van der Waals surface area (Å²) in [6.07, 6.45) is 1.97. The first kappa shape index (κ1) is 7.70. The molecule has 0 rings (SSSR count). The minimum Gasteiger partial charge on any atom is -0.309 e. The summed E-state index contributed by atoms with van der Waals surface area (Å²) in [5.74, 6) is 0.616. The maximum absolute atomic E-state index is 3.69. The molecule has 0 amide bonds. The summed E-state index contributed by atoms with van der Waals surface area (Å²) in [6, 6.07) is 0. The summed E-state index contributed by atoms with van der Waals surface area (Å²) < 4.78 is 0. The Morgan fingerprint density at radius 1 is 1.62 bits per heavy atom. The summed E-state index contributed by atoms with van der Waals surface area (Å²) in [5.41, 5.74) is 0. The molecule has 0 aliphatic carbocycles. The molecule has 48 valence electrons. The van der Waals surface area contributed by atoms with Gasteiger partial charge in [0.15, 0.2) is 0 Å². The Morgan fingerprint density at radius 2 is 2.12 bits per heavy atom. The van der Waals surface area contributed by atoms with Crippen molar-refractivity contribution in [2.45, 2.75) is 6.92 Å². The third-order valence-corrected chi connectivity index (χ3v) is 1.06. The Bertz CT molecular complexity index is 66.8. The van der Waals surface area contributed by atoms with Crippen LogP contribution in [0.15, 0.2) is 12.7 Å². The average molecular weight is 113 g/mol. The molecule has 0 aromatic carbocycles. The largest absolute Gasteiger partial charge is 0.309 e. The first-order valence-corrected chi connectivity index (χ1v) is 2.94. The summed E-state index contributed by atoms with van der Waals surface area (Å²) in [4.78, 5) is 2.16. The molecule has 1 atom stereocenters. The fourth-order valence-electron chi connectivity index (χ4n) is 0.651. The maximum Gasteiger partial charge on any atom is 0.00355 e. The number of rotatable bonds is 3. The van der Waals surface area contributed by atoms with Crippen molar-refractivity contribution < 1.29 is 0 Å². The SMILES string of the molecule is C=CC(C)CN(C)C. The third-order valence-electron chi connectivity index (χ3n) is 1.06. The molecule has 0 aromatic rings. The van der Waals surface area contributed by atoms with E-state index < -0.39 is 0 Å². The van der Waals surface area contributed by atoms with Gasteiger partial charge in [0.2, 0.25) is 0 Å². The van der Waals surface area contributed by atoms with E-state index in [4.69, 9.17) is 0 Å². The number of hydrogen-bond acceptors (Lipinski definition) is 1. The van der Waals surface area contributed by atoms with Crippen molar-refractivity contribution in [2.24, 2.45) is 5.92 Å². The zero-order valence-electron chi connectivity index (χ0n) is 6.02. The minimum atomic E-state index is 0.616. The van der Waals surface area contributed by atoms with E-state index in [1.54, 1.807) is 0 Å². The molecule has 1 heteroatoms. The Morgan fingerprint density at radius 3 is 2.25 bits per heavy atom. The van der Waals surface area contributed by atoms with Crippen LogP contribution in [0.1, 0.15) is 6.92 Å². The van der Waals surface area contributed by atoms with Crippen molar-refractivity contribution in [2.75, 3.05) is 20.6 Å². The lowest BCUT2D eigenvalue weighted by Crippen LogP contribution is -2.17. The molecule has 0 saturated heterocycles. The van der Waals surface area contributed by atoms with Crippen molar-refractivity contribution in [1.82, 2.24) is 4.90 Å². The van der Waals surface area contributed by atoms with E-state index in [1.807, 2.05) is 6.08 Å². The van der Waals surface area contributed by atoms with Gasteiger partial charge in [0.25, 0.3) is 0 Å². The second-order valence-corrected chi connectivity index (χ2v) is 2.48. The molecular formula is C7H15N. The third kappa shape index (κ3) is 3.88. The Hall–Kier alpha value is -0.300. The molecule has 0 bridgehead atoms. The smallest absolute Gasteiger partial charge is 0.00355 e. The van der Waals surface area contributed by atoms with Crippen LogP contribution in [-0.4, -0.2) is 25.5 Å². The lowest BCUT2D eigenvalue weighted by atomic mass is 10.2. The van der Waals surface area contributed by atoms with E-state index in [0.717, 1.165) is 6.54 Å². The van der Waals surface area contributed by atoms with Gasteiger partial charge in [-0.2, -0.15) is 0 Å². The topological polar surface area (TPSA) is 3.24 Å². The predicted molar refractivity (Wildman–Crippen MR) is 37.9 cm³/mol. The van der Waals surface area contributed by atoms with E-state index in [0.29, 0.717) is 5.92 Å². The lowest BCUT2D eigenvalue weighted by Gasteiger charge is -2.11. The van der Waals surface area contributed by atoms with Crippen LogP contribution in [0.4, 0.5) is 0 Å². The van der Waals surface area contributed by atoms with Crippen LogP contribution < -0.4 is 0 Å². The van der Waals surface area contributed by atoms with Crippen LogP contribution in [0.5, 0.6) is 0 Å². The second kappa shape index (κ2) is 3.67. The highest BCUT2D eigenvalue weighted by Crippen LogP contribution is 1.94. The first-order chi connectivity index (χ1) is 3.66. The monoisotopic (exact) mass is 113 g/mol. The maximum atomic E-state index is 3.69. The predicted octanol–water partition coefficient (Wildman–Crippen LogP) is 1.37. The van der Waals surface area contributed by atoms with Gasteiger partial charge in [-0.25, -0.2) is 0 Å². The van der Waals surface area contributed by atoms with E-state index in [1.165, 1.54) is 0 Å². The van der Waals surface area contributed by atoms with Crippen molar-refractivity contribution in [1.29, 1.82) is 0 Å². The van der Waals surface area contributed by atoms with Gasteiger partial charge < -0.3 is 4.90 Å². The molecule has 1 nitrogen and oxygen atoms in total. The molecule has 0 N–H and O–H groups in total. The molecule has 0 fully saturated rings. The van der Waals surface area contributed by atoms with Crippen molar-refractivity contribution in [3.05, 3.63) is 12.7 Å². The molecule has 8 heavy (non-hydrogen) atoms. The number of hydrogen-bond donors (Lipinski definition) is 0. The van der Waals surface area contributed by atoms with Crippen LogP contribution in [0.3, 0.4) is 0 Å². The van der Waals surface area contributed by atoms with Crippen molar-refractivity contribution >= 4 is 0 Å². The zero-order valence-corrected chi connectivity index (χ0v) is 6.02. The molecule has 0 spiro atoms. The van der Waals surface area contributed by atoms with E-state index in [9.17, 15) is 0 Å². The van der Waals surface area contributed by atoms with Gasteiger partial charge in [-0.15, -0.1) is 6.58 Å². The van der Waals surface area contributed by atoms with Crippen LogP contribution in [0.2, 0.25) is 0 Å². The van der Waals surface area contributed by atoms with Crippen molar-refractivity contribution in [3.63, 3.8) is 0 Å². The zero-order chi connectivity index (χ0) is 6.57. The normalized spacial score (nSPS) is 14.0. The standard InChI is InChI=1S/C7H15N/c1-5-7(2)6-8(3)4/h5,7H,1,6H2,2-4H3. The van der Waals surface area contributed by atoms with Crippen LogP contribution >= 0.6 is 0 Å². The fraction of sp³-hybridized carbons (Fsp3) is 0.714.